The Balaban J connectivity index is 1.55. The SMILES string of the molecule is CC(Oc1ccccc1C(C)C)C(=O)Nc1ccc(CSc2ccccc2)cc1. The molecule has 1 atom stereocenters. The Hall–Kier alpha value is -2.72. The van der Waals surface area contributed by atoms with E-state index in [0.29, 0.717) is 5.92 Å². The maximum atomic E-state index is 12.6. The maximum Gasteiger partial charge on any atom is 0.265 e. The van der Waals surface area contributed by atoms with Crippen LogP contribution in [0.25, 0.3) is 0 Å². The summed E-state index contributed by atoms with van der Waals surface area (Å²) in [7, 11) is 0. The minimum Gasteiger partial charge on any atom is -0.481 e. The van der Waals surface area contributed by atoms with Crippen LogP contribution in [-0.4, -0.2) is 12.0 Å². The van der Waals surface area contributed by atoms with Crippen molar-refractivity contribution in [1.29, 1.82) is 0 Å². The summed E-state index contributed by atoms with van der Waals surface area (Å²) in [5.41, 5.74) is 3.09. The zero-order chi connectivity index (χ0) is 20.6. The average molecular weight is 406 g/mol. The number of carbonyl (C=O) groups excluding carboxylic acids is 1. The van der Waals surface area contributed by atoms with Gasteiger partial charge in [0.15, 0.2) is 6.10 Å². The molecule has 150 valence electrons. The number of ether oxygens (including phenoxy) is 1. The van der Waals surface area contributed by atoms with Gasteiger partial charge in [0.2, 0.25) is 0 Å². The van der Waals surface area contributed by atoms with Gasteiger partial charge in [-0.1, -0.05) is 62.4 Å². The topological polar surface area (TPSA) is 38.3 Å². The molecule has 0 aliphatic carbocycles. The zero-order valence-electron chi connectivity index (χ0n) is 17.1. The summed E-state index contributed by atoms with van der Waals surface area (Å²) in [6, 6.07) is 26.2. The Morgan fingerprint density at radius 2 is 1.55 bits per heavy atom. The first kappa shape index (κ1) is 21.0. The van der Waals surface area contributed by atoms with Crippen molar-refractivity contribution in [2.24, 2.45) is 0 Å². The molecule has 0 spiro atoms. The Morgan fingerprint density at radius 1 is 0.897 bits per heavy atom. The van der Waals surface area contributed by atoms with Crippen LogP contribution in [0.1, 0.15) is 37.8 Å². The van der Waals surface area contributed by atoms with Crippen LogP contribution < -0.4 is 10.1 Å². The third-order valence-corrected chi connectivity index (χ3v) is 5.67. The number of rotatable bonds is 8. The number of thioether (sulfide) groups is 1. The van der Waals surface area contributed by atoms with Crippen molar-refractivity contribution < 1.29 is 9.53 Å². The normalized spacial score (nSPS) is 11.9. The summed E-state index contributed by atoms with van der Waals surface area (Å²) in [6.07, 6.45) is -0.580. The van der Waals surface area contributed by atoms with Crippen molar-refractivity contribution in [2.45, 2.75) is 43.4 Å². The van der Waals surface area contributed by atoms with Crippen LogP contribution in [0, 0.1) is 0 Å². The summed E-state index contributed by atoms with van der Waals surface area (Å²) in [4.78, 5) is 13.8. The lowest BCUT2D eigenvalue weighted by atomic mass is 10.0. The number of nitrogens with one attached hydrogen (secondary N) is 1. The highest BCUT2D eigenvalue weighted by Crippen LogP contribution is 2.27. The number of hydrogen-bond donors (Lipinski definition) is 1. The second kappa shape index (κ2) is 10.2. The first-order valence-electron chi connectivity index (χ1n) is 9.86. The van der Waals surface area contributed by atoms with Crippen molar-refractivity contribution in [2.75, 3.05) is 5.32 Å². The summed E-state index contributed by atoms with van der Waals surface area (Å²) in [5.74, 6) is 1.83. The molecule has 0 fully saturated rings. The molecule has 3 aromatic rings. The molecular weight excluding hydrogens is 378 g/mol. The van der Waals surface area contributed by atoms with Gasteiger partial charge < -0.3 is 10.1 Å². The van der Waals surface area contributed by atoms with E-state index in [9.17, 15) is 4.79 Å². The predicted octanol–water partition coefficient (Wildman–Crippen LogP) is 6.51. The number of hydrogen-bond acceptors (Lipinski definition) is 3. The van der Waals surface area contributed by atoms with Crippen molar-refractivity contribution in [3.05, 3.63) is 90.0 Å². The number of carbonyl (C=O) groups is 1. The highest BCUT2D eigenvalue weighted by Gasteiger charge is 2.17. The first-order valence-corrected chi connectivity index (χ1v) is 10.8. The molecule has 0 aliphatic rings. The molecule has 4 heteroatoms. The molecule has 29 heavy (non-hydrogen) atoms. The van der Waals surface area contributed by atoms with E-state index in [4.69, 9.17) is 4.74 Å². The quantitative estimate of drug-likeness (QED) is 0.434. The van der Waals surface area contributed by atoms with Gasteiger partial charge in [-0.3, -0.25) is 4.79 Å². The van der Waals surface area contributed by atoms with Gasteiger partial charge in [-0.05, 0) is 54.3 Å². The maximum absolute atomic E-state index is 12.6. The fourth-order valence-electron chi connectivity index (χ4n) is 2.92. The number of para-hydroxylation sites is 1. The zero-order valence-corrected chi connectivity index (χ0v) is 17.9. The molecule has 1 unspecified atom stereocenters. The molecule has 0 aliphatic heterocycles. The van der Waals surface area contributed by atoms with E-state index in [1.54, 1.807) is 18.7 Å². The Labute approximate surface area is 177 Å². The Morgan fingerprint density at radius 3 is 2.24 bits per heavy atom. The smallest absolute Gasteiger partial charge is 0.265 e. The van der Waals surface area contributed by atoms with Crippen molar-refractivity contribution in [3.63, 3.8) is 0 Å². The van der Waals surface area contributed by atoms with Gasteiger partial charge >= 0.3 is 0 Å². The minimum atomic E-state index is -0.580. The molecule has 1 amide bonds. The average Bonchev–Trinajstić information content (AvgIpc) is 2.74. The summed E-state index contributed by atoms with van der Waals surface area (Å²) >= 11 is 1.80. The van der Waals surface area contributed by atoms with E-state index in [1.807, 2.05) is 66.7 Å². The highest BCUT2D eigenvalue weighted by atomic mass is 32.2. The summed E-state index contributed by atoms with van der Waals surface area (Å²) in [5, 5.41) is 2.94. The van der Waals surface area contributed by atoms with Gasteiger partial charge in [0, 0.05) is 16.3 Å². The second-order valence-corrected chi connectivity index (χ2v) is 8.29. The van der Waals surface area contributed by atoms with E-state index >= 15 is 0 Å². The molecule has 0 saturated heterocycles. The number of benzene rings is 3. The monoisotopic (exact) mass is 405 g/mol. The lowest BCUT2D eigenvalue weighted by molar-refractivity contribution is -0.122. The molecule has 0 bridgehead atoms. The van der Waals surface area contributed by atoms with Gasteiger partial charge in [0.05, 0.1) is 0 Å². The third-order valence-electron chi connectivity index (χ3n) is 4.58. The highest BCUT2D eigenvalue weighted by molar-refractivity contribution is 7.98. The van der Waals surface area contributed by atoms with E-state index in [1.165, 1.54) is 10.5 Å². The molecule has 0 radical (unpaired) electrons. The standard InChI is InChI=1S/C25H27NO2S/c1-18(2)23-11-7-8-12-24(23)28-19(3)25(27)26-21-15-13-20(14-16-21)17-29-22-9-5-4-6-10-22/h4-16,18-19H,17H2,1-3H3,(H,26,27). The molecule has 3 aromatic carbocycles. The number of anilines is 1. The van der Waals surface area contributed by atoms with Crippen LogP contribution >= 0.6 is 11.8 Å². The molecule has 1 N–H and O–H groups in total. The predicted molar refractivity (Wildman–Crippen MR) is 122 cm³/mol. The molecule has 3 nitrogen and oxygen atoms in total. The van der Waals surface area contributed by atoms with Gasteiger partial charge in [-0.2, -0.15) is 0 Å². The van der Waals surface area contributed by atoms with Gasteiger partial charge in [-0.15, -0.1) is 11.8 Å². The van der Waals surface area contributed by atoms with Crippen LogP contribution in [-0.2, 0) is 10.5 Å². The fourth-order valence-corrected chi connectivity index (χ4v) is 3.80. The Bertz CT molecular complexity index is 923. The molecule has 0 heterocycles. The molecule has 0 aromatic heterocycles. The van der Waals surface area contributed by atoms with Gasteiger partial charge in [-0.25, -0.2) is 0 Å². The summed E-state index contributed by atoms with van der Waals surface area (Å²) < 4.78 is 5.94. The van der Waals surface area contributed by atoms with E-state index in [2.05, 4.69) is 31.3 Å². The van der Waals surface area contributed by atoms with E-state index < -0.39 is 6.10 Å². The first-order chi connectivity index (χ1) is 14.0. The van der Waals surface area contributed by atoms with Crippen LogP contribution in [0.2, 0.25) is 0 Å². The van der Waals surface area contributed by atoms with Crippen molar-refractivity contribution >= 4 is 23.4 Å². The fraction of sp³-hybridized carbons (Fsp3) is 0.240. The minimum absolute atomic E-state index is 0.157. The van der Waals surface area contributed by atoms with Crippen LogP contribution in [0.4, 0.5) is 5.69 Å². The largest absolute Gasteiger partial charge is 0.481 e. The van der Waals surface area contributed by atoms with Gasteiger partial charge in [0.25, 0.3) is 5.91 Å². The van der Waals surface area contributed by atoms with Crippen molar-refractivity contribution in [3.8, 4) is 5.75 Å². The Kier molecular flexibility index (Phi) is 7.36. The van der Waals surface area contributed by atoms with E-state index in [0.717, 1.165) is 22.8 Å². The van der Waals surface area contributed by atoms with Crippen LogP contribution in [0.3, 0.4) is 0 Å². The molecule has 3 rings (SSSR count). The van der Waals surface area contributed by atoms with E-state index in [-0.39, 0.29) is 5.91 Å². The lowest BCUT2D eigenvalue weighted by Crippen LogP contribution is -2.30. The number of amides is 1. The van der Waals surface area contributed by atoms with Crippen molar-refractivity contribution in [1.82, 2.24) is 0 Å². The van der Waals surface area contributed by atoms with Gasteiger partial charge in [0.1, 0.15) is 5.75 Å². The lowest BCUT2D eigenvalue weighted by Gasteiger charge is -2.18. The second-order valence-electron chi connectivity index (χ2n) is 7.24. The summed E-state index contributed by atoms with van der Waals surface area (Å²) in [6.45, 7) is 6.01. The third kappa shape index (κ3) is 6.13. The van der Waals surface area contributed by atoms with Crippen LogP contribution in [0.15, 0.2) is 83.8 Å². The molecule has 0 saturated carbocycles. The molecular formula is C25H27NO2S. The van der Waals surface area contributed by atoms with Crippen LogP contribution in [0.5, 0.6) is 5.75 Å².